The molecule has 1 atom stereocenters. The van der Waals surface area contributed by atoms with Gasteiger partial charge in [-0.25, -0.2) is 0 Å². The number of benzene rings is 2. The number of ether oxygens (including phenoxy) is 2. The van der Waals surface area contributed by atoms with Crippen molar-refractivity contribution in [2.45, 2.75) is 19.9 Å². The first-order valence-corrected chi connectivity index (χ1v) is 6.93. The van der Waals surface area contributed by atoms with Crippen LogP contribution in [0.5, 0.6) is 17.2 Å². The van der Waals surface area contributed by atoms with Crippen LogP contribution in [0.25, 0.3) is 0 Å². The summed E-state index contributed by atoms with van der Waals surface area (Å²) in [6, 6.07) is 13.0. The van der Waals surface area contributed by atoms with E-state index < -0.39 is 0 Å². The Morgan fingerprint density at radius 2 is 1.75 bits per heavy atom. The van der Waals surface area contributed by atoms with Crippen LogP contribution in [0.3, 0.4) is 0 Å². The minimum Gasteiger partial charge on any atom is -0.494 e. The molecule has 3 nitrogen and oxygen atoms in total. The smallest absolute Gasteiger partial charge is 0.146 e. The van der Waals surface area contributed by atoms with E-state index in [2.05, 4.69) is 0 Å². The van der Waals surface area contributed by atoms with Gasteiger partial charge in [0.2, 0.25) is 0 Å². The van der Waals surface area contributed by atoms with E-state index in [9.17, 15) is 0 Å². The van der Waals surface area contributed by atoms with E-state index in [1.165, 1.54) is 0 Å². The van der Waals surface area contributed by atoms with Gasteiger partial charge in [-0.15, -0.1) is 0 Å². The van der Waals surface area contributed by atoms with Crippen molar-refractivity contribution in [3.05, 3.63) is 53.1 Å². The molecule has 1 unspecified atom stereocenters. The summed E-state index contributed by atoms with van der Waals surface area (Å²) in [5.41, 5.74) is 6.80. The zero-order valence-corrected chi connectivity index (χ0v) is 12.4. The molecule has 0 saturated heterocycles. The molecule has 0 fully saturated rings. The quantitative estimate of drug-likeness (QED) is 0.879. The first-order valence-electron chi connectivity index (χ1n) is 6.56. The van der Waals surface area contributed by atoms with Gasteiger partial charge in [0.15, 0.2) is 0 Å². The minimum absolute atomic E-state index is 0.0490. The molecule has 20 heavy (non-hydrogen) atoms. The lowest BCUT2D eigenvalue weighted by molar-refractivity contribution is 0.339. The first kappa shape index (κ1) is 14.7. The standard InChI is InChI=1S/C16H18ClNO2/c1-3-19-13-5-7-14(8-6-13)20-16-9-4-12(11(2)18)10-15(16)17/h4-11H,3,18H2,1-2H3. The molecule has 0 aliphatic carbocycles. The maximum Gasteiger partial charge on any atom is 0.146 e. The van der Waals surface area contributed by atoms with Crippen molar-refractivity contribution in [1.82, 2.24) is 0 Å². The Balaban J connectivity index is 2.13. The second-order valence-corrected chi connectivity index (χ2v) is 4.89. The van der Waals surface area contributed by atoms with Gasteiger partial charge in [0.1, 0.15) is 17.2 Å². The molecule has 0 radical (unpaired) electrons. The SMILES string of the molecule is CCOc1ccc(Oc2ccc(C(C)N)cc2Cl)cc1. The first-order chi connectivity index (χ1) is 9.60. The Hall–Kier alpha value is -1.71. The average Bonchev–Trinajstić information content (AvgIpc) is 2.43. The molecule has 0 heterocycles. The maximum atomic E-state index is 6.20. The Kier molecular flexibility index (Phi) is 4.88. The van der Waals surface area contributed by atoms with E-state index in [-0.39, 0.29) is 6.04 Å². The van der Waals surface area contributed by atoms with Gasteiger partial charge in [-0.3, -0.25) is 0 Å². The lowest BCUT2D eigenvalue weighted by atomic mass is 10.1. The van der Waals surface area contributed by atoms with Gasteiger partial charge in [0.05, 0.1) is 11.6 Å². The Bertz CT molecular complexity index is 567. The van der Waals surface area contributed by atoms with Crippen molar-refractivity contribution in [2.75, 3.05) is 6.61 Å². The lowest BCUT2D eigenvalue weighted by Crippen LogP contribution is -2.04. The van der Waals surface area contributed by atoms with Crippen molar-refractivity contribution < 1.29 is 9.47 Å². The van der Waals surface area contributed by atoms with Crippen LogP contribution in [0.1, 0.15) is 25.5 Å². The average molecular weight is 292 g/mol. The molecule has 0 spiro atoms. The maximum absolute atomic E-state index is 6.20. The third-order valence-corrected chi connectivity index (χ3v) is 3.14. The van der Waals surface area contributed by atoms with Crippen LogP contribution < -0.4 is 15.2 Å². The Morgan fingerprint density at radius 1 is 1.10 bits per heavy atom. The normalized spacial score (nSPS) is 12.0. The topological polar surface area (TPSA) is 44.5 Å². The van der Waals surface area contributed by atoms with Gasteiger partial charge in [0, 0.05) is 6.04 Å². The van der Waals surface area contributed by atoms with Crippen molar-refractivity contribution in [3.63, 3.8) is 0 Å². The van der Waals surface area contributed by atoms with Crippen molar-refractivity contribution in [3.8, 4) is 17.2 Å². The summed E-state index contributed by atoms with van der Waals surface area (Å²) in [6.07, 6.45) is 0. The monoisotopic (exact) mass is 291 g/mol. The largest absolute Gasteiger partial charge is 0.494 e. The Morgan fingerprint density at radius 3 is 2.30 bits per heavy atom. The minimum atomic E-state index is -0.0490. The zero-order valence-electron chi connectivity index (χ0n) is 11.6. The highest BCUT2D eigenvalue weighted by atomic mass is 35.5. The third kappa shape index (κ3) is 3.65. The molecular formula is C16H18ClNO2. The molecule has 2 rings (SSSR count). The van der Waals surface area contributed by atoms with Crippen LogP contribution in [0.4, 0.5) is 0 Å². The molecule has 0 bridgehead atoms. The van der Waals surface area contributed by atoms with Gasteiger partial charge in [0.25, 0.3) is 0 Å². The number of hydrogen-bond donors (Lipinski definition) is 1. The molecule has 2 aromatic carbocycles. The van der Waals surface area contributed by atoms with Crippen molar-refractivity contribution >= 4 is 11.6 Å². The van der Waals surface area contributed by atoms with Gasteiger partial charge >= 0.3 is 0 Å². The molecule has 0 aliphatic heterocycles. The van der Waals surface area contributed by atoms with E-state index in [0.717, 1.165) is 11.3 Å². The molecule has 2 N–H and O–H groups in total. The summed E-state index contributed by atoms with van der Waals surface area (Å²) < 4.78 is 11.1. The van der Waals surface area contributed by atoms with Crippen LogP contribution in [-0.4, -0.2) is 6.61 Å². The highest BCUT2D eigenvalue weighted by Gasteiger charge is 2.07. The van der Waals surface area contributed by atoms with Crippen LogP contribution in [0.2, 0.25) is 5.02 Å². The summed E-state index contributed by atoms with van der Waals surface area (Å²) in [4.78, 5) is 0. The fourth-order valence-electron chi connectivity index (χ4n) is 1.78. The lowest BCUT2D eigenvalue weighted by Gasteiger charge is -2.11. The zero-order chi connectivity index (χ0) is 14.5. The van der Waals surface area contributed by atoms with Crippen LogP contribution in [0.15, 0.2) is 42.5 Å². The van der Waals surface area contributed by atoms with Crippen LogP contribution in [0, 0.1) is 0 Å². The van der Waals surface area contributed by atoms with E-state index in [4.69, 9.17) is 26.8 Å². The van der Waals surface area contributed by atoms with Gasteiger partial charge in [-0.2, -0.15) is 0 Å². The van der Waals surface area contributed by atoms with E-state index in [1.54, 1.807) is 0 Å². The molecule has 2 aromatic rings. The van der Waals surface area contributed by atoms with E-state index in [0.29, 0.717) is 23.1 Å². The highest BCUT2D eigenvalue weighted by Crippen LogP contribution is 2.32. The molecule has 0 aliphatic rings. The van der Waals surface area contributed by atoms with Crippen LogP contribution >= 0.6 is 11.6 Å². The number of halogens is 1. The second-order valence-electron chi connectivity index (χ2n) is 4.49. The molecular weight excluding hydrogens is 274 g/mol. The van der Waals surface area contributed by atoms with Crippen LogP contribution in [-0.2, 0) is 0 Å². The summed E-state index contributed by atoms with van der Waals surface area (Å²) in [6.45, 7) is 4.51. The summed E-state index contributed by atoms with van der Waals surface area (Å²) in [5.74, 6) is 2.14. The summed E-state index contributed by atoms with van der Waals surface area (Å²) in [7, 11) is 0. The second kappa shape index (κ2) is 6.64. The fraction of sp³-hybridized carbons (Fsp3) is 0.250. The number of rotatable bonds is 5. The highest BCUT2D eigenvalue weighted by molar-refractivity contribution is 6.32. The van der Waals surface area contributed by atoms with E-state index in [1.807, 2.05) is 56.3 Å². The Labute approximate surface area is 124 Å². The molecule has 4 heteroatoms. The predicted molar refractivity (Wildman–Crippen MR) is 81.7 cm³/mol. The number of hydrogen-bond acceptors (Lipinski definition) is 3. The van der Waals surface area contributed by atoms with Crippen molar-refractivity contribution in [2.24, 2.45) is 5.73 Å². The fourth-order valence-corrected chi connectivity index (χ4v) is 2.01. The molecule has 0 amide bonds. The molecule has 0 saturated carbocycles. The predicted octanol–water partition coefficient (Wildman–Crippen LogP) is 4.55. The van der Waals surface area contributed by atoms with E-state index >= 15 is 0 Å². The van der Waals surface area contributed by atoms with Gasteiger partial charge in [-0.1, -0.05) is 17.7 Å². The van der Waals surface area contributed by atoms with Crippen molar-refractivity contribution in [1.29, 1.82) is 0 Å². The summed E-state index contributed by atoms with van der Waals surface area (Å²) >= 11 is 6.20. The molecule has 0 aromatic heterocycles. The number of nitrogens with two attached hydrogens (primary N) is 1. The van der Waals surface area contributed by atoms with Gasteiger partial charge < -0.3 is 15.2 Å². The summed E-state index contributed by atoms with van der Waals surface area (Å²) in [5, 5.41) is 0.550. The third-order valence-electron chi connectivity index (χ3n) is 2.84. The van der Waals surface area contributed by atoms with Gasteiger partial charge in [-0.05, 0) is 55.8 Å². The molecule has 106 valence electrons.